The van der Waals surface area contributed by atoms with Gasteiger partial charge in [0.05, 0.1) is 25.5 Å². The minimum absolute atomic E-state index is 0.0141. The van der Waals surface area contributed by atoms with Gasteiger partial charge < -0.3 is 19.4 Å². The van der Waals surface area contributed by atoms with Gasteiger partial charge in [0, 0.05) is 30.0 Å². The maximum atomic E-state index is 6.62. The molecule has 1 saturated heterocycles. The highest BCUT2D eigenvalue weighted by atomic mass is 79.9. The first kappa shape index (κ1) is 23.2. The summed E-state index contributed by atoms with van der Waals surface area (Å²) in [7, 11) is -1.28. The minimum Gasteiger partial charge on any atom is -0.413 e. The van der Waals surface area contributed by atoms with Crippen molar-refractivity contribution in [1.82, 2.24) is 19.6 Å². The molecule has 0 saturated carbocycles. The van der Waals surface area contributed by atoms with Crippen LogP contribution in [0, 0.1) is 5.41 Å². The number of benzene rings is 1. The lowest BCUT2D eigenvalue weighted by Crippen LogP contribution is -2.38. The van der Waals surface area contributed by atoms with E-state index in [0.29, 0.717) is 11.5 Å². The highest BCUT2D eigenvalue weighted by Gasteiger charge is 2.31. The molecule has 10 heteroatoms. The molecule has 172 valence electrons. The predicted octanol–water partition coefficient (Wildman–Crippen LogP) is 4.55. The number of rotatable bonds is 6. The summed E-state index contributed by atoms with van der Waals surface area (Å²) < 4.78 is 14.7. The van der Waals surface area contributed by atoms with Crippen LogP contribution < -0.4 is 10.2 Å². The van der Waals surface area contributed by atoms with Crippen molar-refractivity contribution in [2.24, 2.45) is 5.41 Å². The second kappa shape index (κ2) is 9.46. The highest BCUT2D eigenvalue weighted by molar-refractivity contribution is 9.10. The molecule has 1 N–H and O–H groups in total. The summed E-state index contributed by atoms with van der Waals surface area (Å²) in [4.78, 5) is 11.3. The molecule has 0 aliphatic carbocycles. The van der Waals surface area contributed by atoms with Crippen LogP contribution in [0.25, 0.3) is 5.65 Å². The second-order valence-corrected chi connectivity index (χ2v) is 12.5. The van der Waals surface area contributed by atoms with Crippen LogP contribution in [0.3, 0.4) is 0 Å². The Morgan fingerprint density at radius 3 is 2.62 bits per heavy atom. The third kappa shape index (κ3) is 4.98. The van der Waals surface area contributed by atoms with Crippen molar-refractivity contribution < 1.29 is 9.16 Å². The zero-order valence-electron chi connectivity index (χ0n) is 19.3. The van der Waals surface area contributed by atoms with Crippen molar-refractivity contribution in [2.45, 2.75) is 40.0 Å². The predicted molar refractivity (Wildman–Crippen MR) is 133 cm³/mol. The van der Waals surface area contributed by atoms with E-state index in [1.54, 1.807) is 10.7 Å². The Morgan fingerprint density at radius 1 is 1.19 bits per heavy atom. The van der Waals surface area contributed by atoms with Crippen LogP contribution in [-0.2, 0) is 9.16 Å². The molecule has 32 heavy (non-hydrogen) atoms. The van der Waals surface area contributed by atoms with E-state index in [1.165, 1.54) is 17.6 Å². The van der Waals surface area contributed by atoms with Crippen LogP contribution in [0.15, 0.2) is 35.3 Å². The van der Waals surface area contributed by atoms with Crippen molar-refractivity contribution in [3.8, 4) is 0 Å². The topological polar surface area (TPSA) is 76.8 Å². The summed E-state index contributed by atoms with van der Waals surface area (Å²) in [6, 6.07) is 6.48. The van der Waals surface area contributed by atoms with Crippen LogP contribution in [0.4, 0.5) is 17.2 Å². The third-order valence-corrected chi connectivity index (χ3v) is 6.74. The SMILES string of the molecule is C[SiH](C)OC(c1cc(Nc2ncc(Br)n3ncnc23)ccc1N1CCOCC1)C(C)(C)C. The molecule has 1 aliphatic rings. The van der Waals surface area contributed by atoms with E-state index in [-0.39, 0.29) is 11.5 Å². The van der Waals surface area contributed by atoms with Crippen molar-refractivity contribution in [3.05, 3.63) is 40.9 Å². The summed E-state index contributed by atoms with van der Waals surface area (Å²) >= 11 is 3.47. The smallest absolute Gasteiger partial charge is 0.199 e. The van der Waals surface area contributed by atoms with Gasteiger partial charge in [0.15, 0.2) is 20.5 Å². The number of hydrogen-bond donors (Lipinski definition) is 1. The summed E-state index contributed by atoms with van der Waals surface area (Å²) in [6.45, 7) is 14.4. The molecule has 8 nitrogen and oxygen atoms in total. The van der Waals surface area contributed by atoms with Crippen LogP contribution in [-0.4, -0.2) is 54.9 Å². The van der Waals surface area contributed by atoms with E-state index in [0.717, 1.165) is 36.6 Å². The van der Waals surface area contributed by atoms with Crippen LogP contribution >= 0.6 is 15.9 Å². The number of morpholine rings is 1. The molecule has 4 rings (SSSR count). The van der Waals surface area contributed by atoms with Crippen LogP contribution in [0.2, 0.25) is 13.1 Å². The van der Waals surface area contributed by atoms with Crippen molar-refractivity contribution >= 4 is 47.8 Å². The number of aromatic nitrogens is 4. The van der Waals surface area contributed by atoms with E-state index in [9.17, 15) is 0 Å². The lowest BCUT2D eigenvalue weighted by atomic mass is 9.83. The molecule has 0 radical (unpaired) electrons. The molecule has 1 aromatic carbocycles. The highest BCUT2D eigenvalue weighted by Crippen LogP contribution is 2.42. The van der Waals surface area contributed by atoms with Crippen LogP contribution in [0.5, 0.6) is 0 Å². The molecule has 3 heterocycles. The molecule has 1 fully saturated rings. The van der Waals surface area contributed by atoms with E-state index in [2.05, 4.69) is 93.3 Å². The average molecular weight is 520 g/mol. The zero-order valence-corrected chi connectivity index (χ0v) is 22.0. The standard InChI is InChI=1S/C22H31BrN6O2Si/c1-22(2,3)19(31-32(4)5)16-12-15(6-7-17(16)28-8-10-30-11-9-28)27-20-21-25-14-26-29(21)18(23)13-24-20/h6-7,12-14,19,32H,8-11H2,1-5H3,(H,24,27). The molecule has 1 aliphatic heterocycles. The monoisotopic (exact) mass is 518 g/mol. The first-order valence-corrected chi connectivity index (χ1v) is 14.5. The maximum Gasteiger partial charge on any atom is 0.199 e. The van der Waals surface area contributed by atoms with Gasteiger partial charge in [-0.2, -0.15) is 5.10 Å². The van der Waals surface area contributed by atoms with Crippen LogP contribution in [0.1, 0.15) is 32.4 Å². The minimum atomic E-state index is -1.28. The van der Waals surface area contributed by atoms with E-state index >= 15 is 0 Å². The lowest BCUT2D eigenvalue weighted by Gasteiger charge is -2.38. The Morgan fingerprint density at radius 2 is 1.94 bits per heavy atom. The second-order valence-electron chi connectivity index (χ2n) is 9.35. The number of hydrogen-bond acceptors (Lipinski definition) is 7. The van der Waals surface area contributed by atoms with Gasteiger partial charge in [-0.25, -0.2) is 14.5 Å². The Bertz CT molecular complexity index is 1080. The van der Waals surface area contributed by atoms with Gasteiger partial charge >= 0.3 is 0 Å². The fourth-order valence-electron chi connectivity index (χ4n) is 3.97. The number of fused-ring (bicyclic) bond motifs is 1. The molecule has 2 aromatic heterocycles. The van der Waals surface area contributed by atoms with E-state index in [1.807, 2.05) is 0 Å². The molecule has 1 atom stereocenters. The first-order valence-electron chi connectivity index (χ1n) is 11.0. The summed E-state index contributed by atoms with van der Waals surface area (Å²) in [6.07, 6.45) is 3.23. The Labute approximate surface area is 199 Å². The number of nitrogens with one attached hydrogen (secondary N) is 1. The zero-order chi connectivity index (χ0) is 22.9. The summed E-state index contributed by atoms with van der Waals surface area (Å²) in [5.41, 5.74) is 3.97. The third-order valence-electron chi connectivity index (χ3n) is 5.38. The Balaban J connectivity index is 1.76. The maximum absolute atomic E-state index is 6.62. The molecule has 3 aromatic rings. The number of nitrogens with zero attached hydrogens (tertiary/aromatic N) is 5. The van der Waals surface area contributed by atoms with E-state index in [4.69, 9.17) is 9.16 Å². The van der Waals surface area contributed by atoms with Crippen molar-refractivity contribution in [3.63, 3.8) is 0 Å². The normalized spacial score (nSPS) is 16.0. The largest absolute Gasteiger partial charge is 0.413 e. The molecule has 0 bridgehead atoms. The van der Waals surface area contributed by atoms with Gasteiger partial charge in [-0.15, -0.1) is 0 Å². The Hall–Kier alpha value is -2.01. The van der Waals surface area contributed by atoms with Gasteiger partial charge in [0.1, 0.15) is 10.9 Å². The molecule has 1 unspecified atom stereocenters. The van der Waals surface area contributed by atoms with Gasteiger partial charge in [-0.1, -0.05) is 20.8 Å². The lowest BCUT2D eigenvalue weighted by molar-refractivity contribution is 0.0861. The summed E-state index contributed by atoms with van der Waals surface area (Å²) in [5, 5.41) is 7.70. The Kier molecular flexibility index (Phi) is 6.85. The molecular weight excluding hydrogens is 488 g/mol. The van der Waals surface area contributed by atoms with Gasteiger partial charge in [0.2, 0.25) is 0 Å². The fraction of sp³-hybridized carbons (Fsp3) is 0.500. The number of ether oxygens (including phenoxy) is 1. The van der Waals surface area contributed by atoms with Gasteiger partial charge in [-0.3, -0.25) is 0 Å². The summed E-state index contributed by atoms with van der Waals surface area (Å²) in [5.74, 6) is 0.655. The van der Waals surface area contributed by atoms with Crippen molar-refractivity contribution in [1.29, 1.82) is 0 Å². The quantitative estimate of drug-likeness (QED) is 0.479. The fourth-order valence-corrected chi connectivity index (χ4v) is 5.43. The first-order chi connectivity index (χ1) is 15.2. The number of halogens is 1. The molecule has 0 spiro atoms. The van der Waals surface area contributed by atoms with E-state index < -0.39 is 9.04 Å². The number of anilines is 3. The van der Waals surface area contributed by atoms with Gasteiger partial charge in [-0.05, 0) is 52.6 Å². The molecular formula is C22H31BrN6O2Si. The van der Waals surface area contributed by atoms with Gasteiger partial charge in [0.25, 0.3) is 0 Å². The van der Waals surface area contributed by atoms with Crippen molar-refractivity contribution in [2.75, 3.05) is 36.5 Å². The molecule has 0 amide bonds. The average Bonchev–Trinajstić information content (AvgIpc) is 3.25.